The topological polar surface area (TPSA) is 38.5 Å². The zero-order valence-electron chi connectivity index (χ0n) is 11.9. The van der Waals surface area contributed by atoms with E-state index in [9.17, 15) is 4.39 Å². The fourth-order valence-electron chi connectivity index (χ4n) is 2.00. The SMILES string of the molecule is CC(N)c1c(F)cccc1Oc1cccc(N(C)C)c1. The Morgan fingerprint density at radius 2 is 1.85 bits per heavy atom. The Kier molecular flexibility index (Phi) is 4.25. The van der Waals surface area contributed by atoms with Crippen molar-refractivity contribution in [2.75, 3.05) is 19.0 Å². The Morgan fingerprint density at radius 1 is 1.15 bits per heavy atom. The van der Waals surface area contributed by atoms with Crippen molar-refractivity contribution in [3.05, 3.63) is 53.8 Å². The van der Waals surface area contributed by atoms with E-state index in [0.717, 1.165) is 5.69 Å². The summed E-state index contributed by atoms with van der Waals surface area (Å²) in [5.74, 6) is 0.765. The first-order chi connectivity index (χ1) is 9.49. The summed E-state index contributed by atoms with van der Waals surface area (Å²) in [4.78, 5) is 1.98. The molecule has 2 aromatic carbocycles. The van der Waals surface area contributed by atoms with Gasteiger partial charge in [-0.15, -0.1) is 0 Å². The Bertz CT molecular complexity index is 597. The van der Waals surface area contributed by atoms with Gasteiger partial charge in [-0.3, -0.25) is 0 Å². The Hall–Kier alpha value is -2.07. The molecule has 4 heteroatoms. The van der Waals surface area contributed by atoms with Gasteiger partial charge in [0.2, 0.25) is 0 Å². The molecular weight excluding hydrogens is 255 g/mol. The molecule has 0 fully saturated rings. The van der Waals surface area contributed by atoms with Crippen LogP contribution in [0, 0.1) is 5.82 Å². The monoisotopic (exact) mass is 274 g/mol. The molecule has 0 bridgehead atoms. The molecule has 0 amide bonds. The first-order valence-corrected chi connectivity index (χ1v) is 6.48. The number of nitrogens with zero attached hydrogens (tertiary/aromatic N) is 1. The first kappa shape index (κ1) is 14.3. The van der Waals surface area contributed by atoms with Crippen LogP contribution < -0.4 is 15.4 Å². The molecule has 0 radical (unpaired) electrons. The van der Waals surface area contributed by atoms with Crippen LogP contribution >= 0.6 is 0 Å². The Labute approximate surface area is 118 Å². The minimum Gasteiger partial charge on any atom is -0.457 e. The van der Waals surface area contributed by atoms with E-state index in [2.05, 4.69) is 0 Å². The highest BCUT2D eigenvalue weighted by molar-refractivity contribution is 5.51. The quantitative estimate of drug-likeness (QED) is 0.923. The molecule has 106 valence electrons. The van der Waals surface area contributed by atoms with E-state index in [1.807, 2.05) is 43.3 Å². The molecule has 2 N–H and O–H groups in total. The second kappa shape index (κ2) is 5.92. The summed E-state index contributed by atoms with van der Waals surface area (Å²) >= 11 is 0. The Morgan fingerprint density at radius 3 is 2.50 bits per heavy atom. The molecule has 2 rings (SSSR count). The first-order valence-electron chi connectivity index (χ1n) is 6.48. The normalized spacial score (nSPS) is 12.1. The zero-order chi connectivity index (χ0) is 14.7. The van der Waals surface area contributed by atoms with Gasteiger partial charge in [0.25, 0.3) is 0 Å². The van der Waals surface area contributed by atoms with Crippen LogP contribution in [0.1, 0.15) is 18.5 Å². The summed E-state index contributed by atoms with van der Waals surface area (Å²) < 4.78 is 19.6. The van der Waals surface area contributed by atoms with Gasteiger partial charge in [0.15, 0.2) is 0 Å². The number of anilines is 1. The van der Waals surface area contributed by atoms with Crippen LogP contribution in [0.2, 0.25) is 0 Å². The molecule has 0 heterocycles. The minimum absolute atomic E-state index is 0.346. The van der Waals surface area contributed by atoms with Crippen molar-refractivity contribution in [3.8, 4) is 11.5 Å². The zero-order valence-corrected chi connectivity index (χ0v) is 11.9. The van der Waals surface area contributed by atoms with Gasteiger partial charge < -0.3 is 15.4 Å². The summed E-state index contributed by atoms with van der Waals surface area (Å²) in [6, 6.07) is 11.9. The van der Waals surface area contributed by atoms with Gasteiger partial charge in [0, 0.05) is 37.5 Å². The van der Waals surface area contributed by atoms with Gasteiger partial charge in [-0.05, 0) is 31.2 Å². The number of nitrogens with two attached hydrogens (primary N) is 1. The summed E-state index contributed by atoms with van der Waals surface area (Å²) in [6.45, 7) is 1.74. The van der Waals surface area contributed by atoms with Gasteiger partial charge in [0.05, 0.1) is 0 Å². The van der Waals surface area contributed by atoms with E-state index < -0.39 is 6.04 Å². The standard InChI is InChI=1S/C16H19FN2O/c1-11(18)16-14(17)8-5-9-15(16)20-13-7-4-6-12(10-13)19(2)3/h4-11H,18H2,1-3H3. The predicted molar refractivity (Wildman–Crippen MR) is 79.8 cm³/mol. The lowest BCUT2D eigenvalue weighted by molar-refractivity contribution is 0.461. The smallest absolute Gasteiger partial charge is 0.135 e. The lowest BCUT2D eigenvalue weighted by Crippen LogP contribution is -2.10. The van der Waals surface area contributed by atoms with Gasteiger partial charge in [-0.1, -0.05) is 12.1 Å². The molecule has 0 aliphatic heterocycles. The molecule has 0 aliphatic rings. The third kappa shape index (κ3) is 3.08. The third-order valence-corrected chi connectivity index (χ3v) is 3.03. The van der Waals surface area contributed by atoms with Crippen molar-refractivity contribution in [1.82, 2.24) is 0 Å². The maximum Gasteiger partial charge on any atom is 0.135 e. The van der Waals surface area contributed by atoms with Gasteiger partial charge in [-0.25, -0.2) is 4.39 Å². The van der Waals surface area contributed by atoms with Crippen molar-refractivity contribution in [3.63, 3.8) is 0 Å². The number of benzene rings is 2. The van der Waals surface area contributed by atoms with Crippen molar-refractivity contribution in [1.29, 1.82) is 0 Å². The van der Waals surface area contributed by atoms with Crippen LogP contribution in [0.4, 0.5) is 10.1 Å². The van der Waals surface area contributed by atoms with Crippen molar-refractivity contribution in [2.24, 2.45) is 5.73 Å². The summed E-state index contributed by atoms with van der Waals surface area (Å²) in [5, 5.41) is 0. The van der Waals surface area contributed by atoms with Crippen molar-refractivity contribution >= 4 is 5.69 Å². The van der Waals surface area contributed by atoms with E-state index in [1.54, 1.807) is 19.1 Å². The Balaban J connectivity index is 2.35. The van der Waals surface area contributed by atoms with Crippen LogP contribution in [0.3, 0.4) is 0 Å². The maximum absolute atomic E-state index is 13.8. The van der Waals surface area contributed by atoms with E-state index >= 15 is 0 Å². The lowest BCUT2D eigenvalue weighted by atomic mass is 10.1. The van der Waals surface area contributed by atoms with Gasteiger partial charge >= 0.3 is 0 Å². The van der Waals surface area contributed by atoms with E-state index in [-0.39, 0.29) is 5.82 Å². The molecule has 0 aliphatic carbocycles. The third-order valence-electron chi connectivity index (χ3n) is 3.03. The van der Waals surface area contributed by atoms with Gasteiger partial charge in [-0.2, -0.15) is 0 Å². The highest BCUT2D eigenvalue weighted by Crippen LogP contribution is 2.31. The maximum atomic E-state index is 13.8. The molecule has 2 aromatic rings. The molecule has 0 aromatic heterocycles. The molecule has 20 heavy (non-hydrogen) atoms. The second-order valence-corrected chi connectivity index (χ2v) is 4.93. The van der Waals surface area contributed by atoms with Crippen LogP contribution in [0.25, 0.3) is 0 Å². The van der Waals surface area contributed by atoms with Crippen LogP contribution in [0.15, 0.2) is 42.5 Å². The summed E-state index contributed by atoms with van der Waals surface area (Å²) in [6.07, 6.45) is 0. The second-order valence-electron chi connectivity index (χ2n) is 4.93. The number of hydrogen-bond acceptors (Lipinski definition) is 3. The number of halogens is 1. The van der Waals surface area contributed by atoms with Gasteiger partial charge in [0.1, 0.15) is 17.3 Å². The molecule has 0 saturated carbocycles. The lowest BCUT2D eigenvalue weighted by Gasteiger charge is -2.17. The van der Waals surface area contributed by atoms with Crippen molar-refractivity contribution in [2.45, 2.75) is 13.0 Å². The van der Waals surface area contributed by atoms with Crippen LogP contribution in [-0.4, -0.2) is 14.1 Å². The van der Waals surface area contributed by atoms with E-state index in [1.165, 1.54) is 6.07 Å². The van der Waals surface area contributed by atoms with E-state index in [4.69, 9.17) is 10.5 Å². The minimum atomic E-state index is -0.428. The average molecular weight is 274 g/mol. The number of rotatable bonds is 4. The van der Waals surface area contributed by atoms with Crippen LogP contribution in [0.5, 0.6) is 11.5 Å². The molecule has 0 saturated heterocycles. The van der Waals surface area contributed by atoms with E-state index in [0.29, 0.717) is 17.1 Å². The molecule has 0 spiro atoms. The molecule has 3 nitrogen and oxygen atoms in total. The number of ether oxygens (including phenoxy) is 1. The molecule has 1 atom stereocenters. The fourth-order valence-corrected chi connectivity index (χ4v) is 2.00. The average Bonchev–Trinajstić information content (AvgIpc) is 2.38. The summed E-state index contributed by atoms with van der Waals surface area (Å²) in [7, 11) is 3.91. The molecule has 1 unspecified atom stereocenters. The number of hydrogen-bond donors (Lipinski definition) is 1. The highest BCUT2D eigenvalue weighted by Gasteiger charge is 2.14. The van der Waals surface area contributed by atoms with Crippen LogP contribution in [-0.2, 0) is 0 Å². The van der Waals surface area contributed by atoms with Crippen molar-refractivity contribution < 1.29 is 9.13 Å². The summed E-state index contributed by atoms with van der Waals surface area (Å²) in [5.41, 5.74) is 7.23. The highest BCUT2D eigenvalue weighted by atomic mass is 19.1. The largest absolute Gasteiger partial charge is 0.457 e. The predicted octanol–water partition coefficient (Wildman–Crippen LogP) is 3.70. The fraction of sp³-hybridized carbons (Fsp3) is 0.250. The molecular formula is C16H19FN2O.